The summed E-state index contributed by atoms with van der Waals surface area (Å²) in [6, 6.07) is 25.9. The molecule has 0 saturated heterocycles. The summed E-state index contributed by atoms with van der Waals surface area (Å²) in [6.07, 6.45) is 0. The van der Waals surface area contributed by atoms with Gasteiger partial charge in [-0.15, -0.1) is 10.2 Å². The number of anilines is 2. The van der Waals surface area contributed by atoms with E-state index >= 15 is 0 Å². The lowest BCUT2D eigenvalue weighted by Crippen LogP contribution is -2.15. The highest BCUT2D eigenvalue weighted by molar-refractivity contribution is 7.99. The summed E-state index contributed by atoms with van der Waals surface area (Å²) < 4.78 is 1.99. The van der Waals surface area contributed by atoms with E-state index in [-0.39, 0.29) is 11.7 Å². The van der Waals surface area contributed by atoms with E-state index in [1.54, 1.807) is 0 Å². The topological polar surface area (TPSA) is 63.1 Å². The van der Waals surface area contributed by atoms with E-state index in [2.05, 4.69) is 34.6 Å². The second-order valence-corrected chi connectivity index (χ2v) is 8.56. The molecule has 1 heterocycles. The van der Waals surface area contributed by atoms with Crippen LogP contribution in [0.25, 0.3) is 17.1 Å². The molecule has 0 unspecified atom stereocenters. The zero-order chi connectivity index (χ0) is 22.5. The van der Waals surface area contributed by atoms with Gasteiger partial charge in [-0.05, 0) is 43.3 Å². The molecule has 1 aromatic heterocycles. The fourth-order valence-electron chi connectivity index (χ4n) is 3.23. The zero-order valence-electron chi connectivity index (χ0n) is 18.3. The average molecular weight is 444 g/mol. The van der Waals surface area contributed by atoms with E-state index in [0.717, 1.165) is 28.5 Å². The highest BCUT2D eigenvalue weighted by Gasteiger charge is 2.17. The molecule has 4 aromatic rings. The molecule has 0 fully saturated rings. The summed E-state index contributed by atoms with van der Waals surface area (Å²) in [5.41, 5.74) is 4.96. The quantitative estimate of drug-likeness (QED) is 0.406. The second kappa shape index (κ2) is 9.70. The van der Waals surface area contributed by atoms with Crippen LogP contribution in [0.3, 0.4) is 0 Å². The standard InChI is InChI=1S/C25H25N5OS/c1-18-9-11-19(12-10-18)24-27-28-25(30(24)22-7-5-4-6-8-22)32-17-23(31)26-20-13-15-21(16-14-20)29(2)3/h4-16H,17H2,1-3H3,(H,26,31). The lowest BCUT2D eigenvalue weighted by atomic mass is 10.1. The van der Waals surface area contributed by atoms with Crippen molar-refractivity contribution >= 4 is 29.0 Å². The van der Waals surface area contributed by atoms with Crippen LogP contribution in [0.4, 0.5) is 11.4 Å². The van der Waals surface area contributed by atoms with E-state index in [9.17, 15) is 4.79 Å². The van der Waals surface area contributed by atoms with Crippen molar-refractivity contribution in [3.8, 4) is 17.1 Å². The maximum atomic E-state index is 12.6. The lowest BCUT2D eigenvalue weighted by Gasteiger charge is -2.13. The lowest BCUT2D eigenvalue weighted by molar-refractivity contribution is -0.113. The number of hydrogen-bond acceptors (Lipinski definition) is 5. The predicted molar refractivity (Wildman–Crippen MR) is 132 cm³/mol. The van der Waals surface area contributed by atoms with Crippen LogP contribution in [0.2, 0.25) is 0 Å². The number of aryl methyl sites for hydroxylation is 1. The molecular formula is C25H25N5OS. The van der Waals surface area contributed by atoms with Crippen LogP contribution in [0.1, 0.15) is 5.56 Å². The number of nitrogens with zero attached hydrogens (tertiary/aromatic N) is 4. The SMILES string of the molecule is Cc1ccc(-c2nnc(SCC(=O)Nc3ccc(N(C)C)cc3)n2-c2ccccc2)cc1. The van der Waals surface area contributed by atoms with Gasteiger partial charge in [0.2, 0.25) is 5.91 Å². The first-order chi connectivity index (χ1) is 15.5. The first kappa shape index (κ1) is 21.6. The minimum atomic E-state index is -0.0906. The van der Waals surface area contributed by atoms with Gasteiger partial charge in [-0.2, -0.15) is 0 Å². The van der Waals surface area contributed by atoms with Crippen LogP contribution in [0.5, 0.6) is 0 Å². The number of nitrogens with one attached hydrogen (secondary N) is 1. The minimum absolute atomic E-state index is 0.0906. The number of thioether (sulfide) groups is 1. The summed E-state index contributed by atoms with van der Waals surface area (Å²) in [6.45, 7) is 2.06. The summed E-state index contributed by atoms with van der Waals surface area (Å²) in [7, 11) is 3.97. The Kier molecular flexibility index (Phi) is 6.56. The van der Waals surface area contributed by atoms with Gasteiger partial charge in [-0.3, -0.25) is 9.36 Å². The van der Waals surface area contributed by atoms with Crippen LogP contribution in [-0.2, 0) is 4.79 Å². The van der Waals surface area contributed by atoms with E-state index in [1.165, 1.54) is 17.3 Å². The van der Waals surface area contributed by atoms with Crippen molar-refractivity contribution in [2.24, 2.45) is 0 Å². The molecule has 4 rings (SSSR count). The summed E-state index contributed by atoms with van der Waals surface area (Å²) in [5.74, 6) is 0.888. The maximum Gasteiger partial charge on any atom is 0.234 e. The highest BCUT2D eigenvalue weighted by Crippen LogP contribution is 2.28. The Hall–Kier alpha value is -3.58. The molecule has 0 aliphatic rings. The zero-order valence-corrected chi connectivity index (χ0v) is 19.1. The van der Waals surface area contributed by atoms with Crippen molar-refractivity contribution in [3.05, 3.63) is 84.4 Å². The fraction of sp³-hybridized carbons (Fsp3) is 0.160. The van der Waals surface area contributed by atoms with Crippen molar-refractivity contribution in [2.75, 3.05) is 30.1 Å². The van der Waals surface area contributed by atoms with E-state index < -0.39 is 0 Å². The Bertz CT molecular complexity index is 1190. The molecule has 0 saturated carbocycles. The first-order valence-electron chi connectivity index (χ1n) is 10.3. The van der Waals surface area contributed by atoms with Gasteiger partial charge in [-0.1, -0.05) is 59.8 Å². The molecule has 1 N–H and O–H groups in total. The van der Waals surface area contributed by atoms with Crippen LogP contribution < -0.4 is 10.2 Å². The van der Waals surface area contributed by atoms with Crippen molar-refractivity contribution in [3.63, 3.8) is 0 Å². The van der Waals surface area contributed by atoms with Gasteiger partial charge < -0.3 is 10.2 Å². The molecule has 7 heteroatoms. The molecule has 0 radical (unpaired) electrons. The van der Waals surface area contributed by atoms with Gasteiger partial charge in [0.15, 0.2) is 11.0 Å². The Balaban J connectivity index is 1.53. The van der Waals surface area contributed by atoms with E-state index in [0.29, 0.717) is 5.16 Å². The third-order valence-corrected chi connectivity index (χ3v) is 5.89. The Labute approximate surface area is 192 Å². The Morgan fingerprint density at radius 2 is 1.62 bits per heavy atom. The van der Waals surface area contributed by atoms with Crippen molar-refractivity contribution in [2.45, 2.75) is 12.1 Å². The smallest absolute Gasteiger partial charge is 0.234 e. The third kappa shape index (κ3) is 5.00. The number of para-hydroxylation sites is 1. The third-order valence-electron chi connectivity index (χ3n) is 4.96. The van der Waals surface area contributed by atoms with Gasteiger partial charge in [0, 0.05) is 36.7 Å². The molecule has 0 spiro atoms. The first-order valence-corrected chi connectivity index (χ1v) is 11.3. The summed E-state index contributed by atoms with van der Waals surface area (Å²) in [4.78, 5) is 14.6. The van der Waals surface area contributed by atoms with E-state index in [4.69, 9.17) is 0 Å². The van der Waals surface area contributed by atoms with Gasteiger partial charge in [-0.25, -0.2) is 0 Å². The number of carbonyl (C=O) groups is 1. The fourth-order valence-corrected chi connectivity index (χ4v) is 3.98. The molecule has 1 amide bonds. The number of carbonyl (C=O) groups excluding carboxylic acids is 1. The molecule has 3 aromatic carbocycles. The van der Waals surface area contributed by atoms with Gasteiger partial charge in [0.1, 0.15) is 0 Å². The van der Waals surface area contributed by atoms with Gasteiger partial charge in [0.25, 0.3) is 0 Å². The molecule has 162 valence electrons. The molecule has 6 nitrogen and oxygen atoms in total. The molecule has 0 aliphatic carbocycles. The van der Waals surface area contributed by atoms with Crippen LogP contribution in [-0.4, -0.2) is 40.5 Å². The number of aromatic nitrogens is 3. The molecular weight excluding hydrogens is 418 g/mol. The normalized spacial score (nSPS) is 10.7. The predicted octanol–water partition coefficient (Wildman–Crippen LogP) is 5.04. The minimum Gasteiger partial charge on any atom is -0.378 e. The van der Waals surface area contributed by atoms with Gasteiger partial charge in [0.05, 0.1) is 5.75 Å². The largest absolute Gasteiger partial charge is 0.378 e. The molecule has 0 bridgehead atoms. The maximum absolute atomic E-state index is 12.6. The van der Waals surface area contributed by atoms with Crippen LogP contribution >= 0.6 is 11.8 Å². The van der Waals surface area contributed by atoms with Crippen LogP contribution in [0, 0.1) is 6.92 Å². The summed E-state index contributed by atoms with van der Waals surface area (Å²) in [5, 5.41) is 12.4. The number of hydrogen-bond donors (Lipinski definition) is 1. The second-order valence-electron chi connectivity index (χ2n) is 7.62. The summed E-state index contributed by atoms with van der Waals surface area (Å²) >= 11 is 1.37. The Morgan fingerprint density at radius 1 is 0.938 bits per heavy atom. The average Bonchev–Trinajstić information content (AvgIpc) is 3.23. The molecule has 0 atom stereocenters. The van der Waals surface area contributed by atoms with Crippen molar-refractivity contribution < 1.29 is 4.79 Å². The van der Waals surface area contributed by atoms with E-state index in [1.807, 2.05) is 90.3 Å². The van der Waals surface area contributed by atoms with Crippen molar-refractivity contribution in [1.29, 1.82) is 0 Å². The monoisotopic (exact) mass is 443 g/mol. The Morgan fingerprint density at radius 3 is 2.28 bits per heavy atom. The van der Waals surface area contributed by atoms with Gasteiger partial charge >= 0.3 is 0 Å². The van der Waals surface area contributed by atoms with Crippen molar-refractivity contribution in [1.82, 2.24) is 14.8 Å². The molecule has 0 aliphatic heterocycles. The number of rotatable bonds is 7. The number of amides is 1. The number of benzene rings is 3. The molecule has 32 heavy (non-hydrogen) atoms. The van der Waals surface area contributed by atoms with Crippen LogP contribution in [0.15, 0.2) is 84.0 Å². The highest BCUT2D eigenvalue weighted by atomic mass is 32.2.